The van der Waals surface area contributed by atoms with Crippen molar-refractivity contribution in [2.75, 3.05) is 19.6 Å². The van der Waals surface area contributed by atoms with Gasteiger partial charge in [-0.15, -0.1) is 0 Å². The molecule has 0 atom stereocenters. The summed E-state index contributed by atoms with van der Waals surface area (Å²) >= 11 is 0. The second-order valence-electron chi connectivity index (χ2n) is 5.25. The van der Waals surface area contributed by atoms with E-state index in [4.69, 9.17) is 5.26 Å². The molecule has 0 saturated carbocycles. The van der Waals surface area contributed by atoms with E-state index in [9.17, 15) is 13.2 Å². The second kappa shape index (κ2) is 7.92. The van der Waals surface area contributed by atoms with Gasteiger partial charge in [0.25, 0.3) is 5.91 Å². The van der Waals surface area contributed by atoms with Gasteiger partial charge in [-0.25, -0.2) is 13.1 Å². The molecule has 22 heavy (non-hydrogen) atoms. The average Bonchev–Trinajstić information content (AvgIpc) is 2.50. The molecule has 6 nitrogen and oxygen atoms in total. The lowest BCUT2D eigenvalue weighted by molar-refractivity contribution is 0.0784. The molecule has 0 fully saturated rings. The van der Waals surface area contributed by atoms with E-state index in [1.807, 2.05) is 19.9 Å². The summed E-state index contributed by atoms with van der Waals surface area (Å²) in [5, 5.41) is 8.69. The molecule has 0 spiro atoms. The van der Waals surface area contributed by atoms with Crippen LogP contribution in [0.15, 0.2) is 29.2 Å². The van der Waals surface area contributed by atoms with Gasteiger partial charge in [-0.3, -0.25) is 4.79 Å². The third kappa shape index (κ3) is 4.83. The van der Waals surface area contributed by atoms with E-state index in [0.717, 1.165) is 0 Å². The van der Waals surface area contributed by atoms with Gasteiger partial charge in [0, 0.05) is 18.7 Å². The van der Waals surface area contributed by atoms with Gasteiger partial charge in [0.05, 0.1) is 11.0 Å². The molecule has 1 N–H and O–H groups in total. The number of carbonyl (C=O) groups excluding carboxylic acids is 1. The smallest absolute Gasteiger partial charge is 0.254 e. The maximum atomic E-state index is 12.2. The van der Waals surface area contributed by atoms with E-state index in [1.54, 1.807) is 6.92 Å². The van der Waals surface area contributed by atoms with Crippen LogP contribution in [0, 0.1) is 17.2 Å². The van der Waals surface area contributed by atoms with Crippen molar-refractivity contribution in [1.82, 2.24) is 9.62 Å². The molecular formula is C15H21N3O3S. The summed E-state index contributed by atoms with van der Waals surface area (Å²) in [7, 11) is -3.56. The molecular weight excluding hydrogens is 302 g/mol. The molecule has 1 rings (SSSR count). The summed E-state index contributed by atoms with van der Waals surface area (Å²) in [6, 6.07) is 7.66. The third-order valence-electron chi connectivity index (χ3n) is 3.02. The highest BCUT2D eigenvalue weighted by Gasteiger charge is 2.17. The van der Waals surface area contributed by atoms with E-state index >= 15 is 0 Å². The molecule has 7 heteroatoms. The molecule has 0 unspecified atom stereocenters. The predicted octanol–water partition coefficient (Wildman–Crippen LogP) is 1.61. The van der Waals surface area contributed by atoms with Crippen molar-refractivity contribution in [3.8, 4) is 6.07 Å². The zero-order valence-corrected chi connectivity index (χ0v) is 13.9. The predicted molar refractivity (Wildman–Crippen MR) is 83.7 cm³/mol. The number of nitriles is 1. The van der Waals surface area contributed by atoms with E-state index in [1.165, 1.54) is 29.2 Å². The molecule has 1 amide bonds. The van der Waals surface area contributed by atoms with Crippen LogP contribution in [-0.4, -0.2) is 38.9 Å². The number of nitrogens with one attached hydrogen (secondary N) is 1. The van der Waals surface area contributed by atoms with Crippen molar-refractivity contribution >= 4 is 15.9 Å². The number of benzene rings is 1. The highest BCUT2D eigenvalue weighted by molar-refractivity contribution is 7.89. The quantitative estimate of drug-likeness (QED) is 0.772. The number of amides is 1. The minimum Gasteiger partial charge on any atom is -0.326 e. The summed E-state index contributed by atoms with van der Waals surface area (Å²) in [4.78, 5) is 13.7. The molecule has 0 aliphatic carbocycles. The summed E-state index contributed by atoms with van der Waals surface area (Å²) in [5.74, 6) is -0.0807. The van der Waals surface area contributed by atoms with Crippen LogP contribution in [0.1, 0.15) is 31.1 Å². The molecule has 0 aliphatic heterocycles. The van der Waals surface area contributed by atoms with Crippen molar-refractivity contribution in [3.63, 3.8) is 0 Å². The minimum atomic E-state index is -3.56. The van der Waals surface area contributed by atoms with E-state index in [-0.39, 0.29) is 23.3 Å². The zero-order valence-electron chi connectivity index (χ0n) is 13.0. The lowest BCUT2D eigenvalue weighted by Gasteiger charge is -2.17. The summed E-state index contributed by atoms with van der Waals surface area (Å²) in [5.41, 5.74) is 0.361. The van der Waals surface area contributed by atoms with E-state index in [0.29, 0.717) is 18.7 Å². The van der Waals surface area contributed by atoms with E-state index < -0.39 is 10.0 Å². The first-order chi connectivity index (χ1) is 10.3. The van der Waals surface area contributed by atoms with Crippen molar-refractivity contribution in [1.29, 1.82) is 5.26 Å². The highest BCUT2D eigenvalue weighted by atomic mass is 32.2. The largest absolute Gasteiger partial charge is 0.326 e. The summed E-state index contributed by atoms with van der Waals surface area (Å²) in [6.07, 6.45) is 0. The number of hydrogen-bond acceptors (Lipinski definition) is 4. The molecule has 1 aromatic carbocycles. The Balaban J connectivity index is 2.91. The average molecular weight is 323 g/mol. The SMILES string of the molecule is CCN(CC#N)C(=O)c1ccc(S(=O)(=O)NCC(C)C)cc1. The van der Waals surface area contributed by atoms with Gasteiger partial charge in [-0.2, -0.15) is 5.26 Å². The fourth-order valence-electron chi connectivity index (χ4n) is 1.73. The van der Waals surface area contributed by atoms with Crippen LogP contribution >= 0.6 is 0 Å². The van der Waals surface area contributed by atoms with Gasteiger partial charge in [0.2, 0.25) is 10.0 Å². The molecule has 0 bridgehead atoms. The second-order valence-corrected chi connectivity index (χ2v) is 7.01. The van der Waals surface area contributed by atoms with Crippen molar-refractivity contribution in [2.24, 2.45) is 5.92 Å². The number of rotatable bonds is 7. The van der Waals surface area contributed by atoms with Gasteiger partial charge >= 0.3 is 0 Å². The number of sulfonamides is 1. The van der Waals surface area contributed by atoms with Crippen LogP contribution in [-0.2, 0) is 10.0 Å². The van der Waals surface area contributed by atoms with Crippen LogP contribution in [0.2, 0.25) is 0 Å². The Labute approximate surface area is 131 Å². The monoisotopic (exact) mass is 323 g/mol. The van der Waals surface area contributed by atoms with Crippen molar-refractivity contribution in [3.05, 3.63) is 29.8 Å². The molecule has 0 aromatic heterocycles. The van der Waals surface area contributed by atoms with Crippen molar-refractivity contribution in [2.45, 2.75) is 25.7 Å². The minimum absolute atomic E-state index is 0.00529. The first kappa shape index (κ1) is 18.1. The Morgan fingerprint density at radius 1 is 1.32 bits per heavy atom. The fourth-order valence-corrected chi connectivity index (χ4v) is 2.95. The normalized spacial score (nSPS) is 11.2. The van der Waals surface area contributed by atoms with Gasteiger partial charge in [-0.05, 0) is 37.1 Å². The number of hydrogen-bond donors (Lipinski definition) is 1. The fraction of sp³-hybridized carbons (Fsp3) is 0.467. The molecule has 120 valence electrons. The van der Waals surface area contributed by atoms with Gasteiger partial charge in [-0.1, -0.05) is 13.8 Å². The third-order valence-corrected chi connectivity index (χ3v) is 4.46. The maximum absolute atomic E-state index is 12.2. The molecule has 0 heterocycles. The van der Waals surface area contributed by atoms with Crippen LogP contribution < -0.4 is 4.72 Å². The molecule has 1 aromatic rings. The standard InChI is InChI=1S/C15H21N3O3S/c1-4-18(10-9-16)15(19)13-5-7-14(8-6-13)22(20,21)17-11-12(2)3/h5-8,12,17H,4,10-11H2,1-3H3. The summed E-state index contributed by atoms with van der Waals surface area (Å²) < 4.78 is 26.6. The summed E-state index contributed by atoms with van der Waals surface area (Å²) in [6.45, 7) is 6.39. The van der Waals surface area contributed by atoms with Crippen molar-refractivity contribution < 1.29 is 13.2 Å². The first-order valence-electron chi connectivity index (χ1n) is 7.07. The maximum Gasteiger partial charge on any atom is 0.254 e. The Morgan fingerprint density at radius 3 is 2.36 bits per heavy atom. The van der Waals surface area contributed by atoms with Crippen LogP contribution in [0.3, 0.4) is 0 Å². The lowest BCUT2D eigenvalue weighted by atomic mass is 10.2. The lowest BCUT2D eigenvalue weighted by Crippen LogP contribution is -2.31. The Kier molecular flexibility index (Phi) is 6.53. The molecule has 0 radical (unpaired) electrons. The number of carbonyl (C=O) groups is 1. The topological polar surface area (TPSA) is 90.3 Å². The van der Waals surface area contributed by atoms with Crippen LogP contribution in [0.5, 0.6) is 0 Å². The van der Waals surface area contributed by atoms with Gasteiger partial charge in [0.1, 0.15) is 6.54 Å². The Hall–Kier alpha value is -1.91. The zero-order chi connectivity index (χ0) is 16.8. The molecule has 0 aliphatic rings. The molecule has 0 saturated heterocycles. The van der Waals surface area contributed by atoms with Crippen LogP contribution in [0.4, 0.5) is 0 Å². The van der Waals surface area contributed by atoms with Gasteiger partial charge in [0.15, 0.2) is 0 Å². The van der Waals surface area contributed by atoms with Crippen LogP contribution in [0.25, 0.3) is 0 Å². The van der Waals surface area contributed by atoms with E-state index in [2.05, 4.69) is 4.72 Å². The highest BCUT2D eigenvalue weighted by Crippen LogP contribution is 2.12. The first-order valence-corrected chi connectivity index (χ1v) is 8.56. The number of nitrogens with zero attached hydrogens (tertiary/aromatic N) is 2. The Bertz CT molecular complexity index is 646. The van der Waals surface area contributed by atoms with Gasteiger partial charge < -0.3 is 4.90 Å². The Morgan fingerprint density at radius 2 is 1.91 bits per heavy atom.